The second-order valence-electron chi connectivity index (χ2n) is 7.54. The zero-order chi connectivity index (χ0) is 23.0. The van der Waals surface area contributed by atoms with Gasteiger partial charge in [-0.15, -0.1) is 0 Å². The Morgan fingerprint density at radius 1 is 0.938 bits per heavy atom. The third kappa shape index (κ3) is 6.14. The van der Waals surface area contributed by atoms with Crippen LogP contribution >= 0.6 is 0 Å². The van der Waals surface area contributed by atoms with Crippen molar-refractivity contribution in [2.75, 3.05) is 33.9 Å². The summed E-state index contributed by atoms with van der Waals surface area (Å²) in [5.41, 5.74) is 0.860. The number of amides is 1. The monoisotopic (exact) mass is 462 g/mol. The Morgan fingerprint density at radius 3 is 2.22 bits per heavy atom. The number of nitrogens with one attached hydrogen (secondary N) is 1. The molecule has 1 aliphatic rings. The lowest BCUT2D eigenvalue weighted by Crippen LogP contribution is -2.31. The van der Waals surface area contributed by atoms with Crippen LogP contribution in [0, 0.1) is 0 Å². The Kier molecular flexibility index (Phi) is 8.35. The molecule has 32 heavy (non-hydrogen) atoms. The van der Waals surface area contributed by atoms with E-state index in [0.29, 0.717) is 36.9 Å². The highest BCUT2D eigenvalue weighted by molar-refractivity contribution is 7.89. The molecule has 1 fully saturated rings. The van der Waals surface area contributed by atoms with Crippen LogP contribution in [0.25, 0.3) is 0 Å². The van der Waals surface area contributed by atoms with Crippen molar-refractivity contribution in [3.8, 4) is 17.2 Å². The zero-order valence-electron chi connectivity index (χ0n) is 18.5. The topological polar surface area (TPSA) is 94.2 Å². The van der Waals surface area contributed by atoms with Crippen molar-refractivity contribution < 1.29 is 27.4 Å². The first-order chi connectivity index (χ1) is 15.4. The molecule has 0 aliphatic carbocycles. The van der Waals surface area contributed by atoms with Gasteiger partial charge < -0.3 is 19.5 Å². The molecule has 1 aliphatic heterocycles. The maximum Gasteiger partial charge on any atom is 0.258 e. The minimum absolute atomic E-state index is 0.175. The molecule has 0 aromatic heterocycles. The van der Waals surface area contributed by atoms with Crippen LogP contribution in [-0.4, -0.2) is 52.5 Å². The molecular weight excluding hydrogens is 432 g/mol. The van der Waals surface area contributed by atoms with Gasteiger partial charge in [-0.1, -0.05) is 18.9 Å². The Balaban J connectivity index is 1.51. The van der Waals surface area contributed by atoms with E-state index < -0.39 is 10.0 Å². The van der Waals surface area contributed by atoms with Gasteiger partial charge in [-0.05, 0) is 54.8 Å². The number of carbonyl (C=O) groups excluding carboxylic acids is 1. The number of rotatable bonds is 9. The number of nitrogens with zero attached hydrogens (tertiary/aromatic N) is 1. The lowest BCUT2D eigenvalue weighted by Gasteiger charge is -2.20. The minimum atomic E-state index is -3.50. The van der Waals surface area contributed by atoms with E-state index in [1.165, 1.54) is 12.1 Å². The van der Waals surface area contributed by atoms with Crippen LogP contribution < -0.4 is 19.5 Å². The molecule has 0 saturated carbocycles. The van der Waals surface area contributed by atoms with Gasteiger partial charge >= 0.3 is 0 Å². The van der Waals surface area contributed by atoms with E-state index in [1.54, 1.807) is 42.8 Å². The van der Waals surface area contributed by atoms with E-state index in [-0.39, 0.29) is 17.4 Å². The van der Waals surface area contributed by atoms with Crippen molar-refractivity contribution in [1.82, 2.24) is 9.62 Å². The van der Waals surface area contributed by atoms with Crippen LogP contribution in [0.4, 0.5) is 0 Å². The number of hydrogen-bond acceptors (Lipinski definition) is 6. The summed E-state index contributed by atoms with van der Waals surface area (Å²) in [6, 6.07) is 11.6. The molecule has 3 rings (SSSR count). The van der Waals surface area contributed by atoms with Gasteiger partial charge in [-0.2, -0.15) is 4.31 Å². The van der Waals surface area contributed by atoms with Crippen molar-refractivity contribution in [2.45, 2.75) is 37.1 Å². The lowest BCUT2D eigenvalue weighted by atomic mass is 10.2. The van der Waals surface area contributed by atoms with Crippen molar-refractivity contribution in [1.29, 1.82) is 0 Å². The number of benzene rings is 2. The molecule has 8 nitrogen and oxygen atoms in total. The molecule has 1 amide bonds. The largest absolute Gasteiger partial charge is 0.493 e. The molecular formula is C23H30N2O6S. The van der Waals surface area contributed by atoms with Crippen LogP contribution in [0.5, 0.6) is 17.2 Å². The molecule has 0 unspecified atom stereocenters. The number of sulfonamides is 1. The SMILES string of the molecule is COc1ccc(CNC(=O)COc2ccc(S(=O)(=O)N3CCCCCC3)cc2)cc1OC. The molecule has 2 aromatic rings. The van der Waals surface area contributed by atoms with Gasteiger partial charge in [0, 0.05) is 19.6 Å². The number of carbonyl (C=O) groups is 1. The second-order valence-corrected chi connectivity index (χ2v) is 9.48. The summed E-state index contributed by atoms with van der Waals surface area (Å²) in [5.74, 6) is 1.35. The Bertz CT molecular complexity index is 1000. The Labute approximate surface area is 189 Å². The fourth-order valence-electron chi connectivity index (χ4n) is 3.53. The molecule has 9 heteroatoms. The number of hydrogen-bond donors (Lipinski definition) is 1. The third-order valence-corrected chi connectivity index (χ3v) is 7.25. The first kappa shape index (κ1) is 23.9. The third-order valence-electron chi connectivity index (χ3n) is 5.33. The summed E-state index contributed by atoms with van der Waals surface area (Å²) < 4.78 is 43.2. The van der Waals surface area contributed by atoms with E-state index in [1.807, 2.05) is 6.07 Å². The van der Waals surface area contributed by atoms with Gasteiger partial charge in [0.2, 0.25) is 10.0 Å². The van der Waals surface area contributed by atoms with Crippen molar-refractivity contribution >= 4 is 15.9 Å². The van der Waals surface area contributed by atoms with Gasteiger partial charge in [0.25, 0.3) is 5.91 Å². The summed E-state index contributed by atoms with van der Waals surface area (Å²) in [7, 11) is -0.387. The number of ether oxygens (including phenoxy) is 3. The van der Waals surface area contributed by atoms with E-state index in [0.717, 1.165) is 31.2 Å². The van der Waals surface area contributed by atoms with E-state index in [2.05, 4.69) is 5.32 Å². The average Bonchev–Trinajstić information content (AvgIpc) is 3.11. The number of methoxy groups -OCH3 is 2. The minimum Gasteiger partial charge on any atom is -0.493 e. The summed E-state index contributed by atoms with van der Waals surface area (Å²) in [4.78, 5) is 12.4. The summed E-state index contributed by atoms with van der Waals surface area (Å²) in [6.07, 6.45) is 3.90. The van der Waals surface area contributed by atoms with Crippen LogP contribution in [0.15, 0.2) is 47.4 Å². The first-order valence-corrected chi connectivity index (χ1v) is 12.1. The lowest BCUT2D eigenvalue weighted by molar-refractivity contribution is -0.123. The van der Waals surface area contributed by atoms with Gasteiger partial charge in [0.1, 0.15) is 5.75 Å². The Morgan fingerprint density at radius 2 is 1.59 bits per heavy atom. The van der Waals surface area contributed by atoms with Crippen molar-refractivity contribution in [3.63, 3.8) is 0 Å². The van der Waals surface area contributed by atoms with E-state index in [9.17, 15) is 13.2 Å². The standard InChI is InChI=1S/C23H30N2O6S/c1-29-21-12-7-18(15-22(21)30-2)16-24-23(26)17-31-19-8-10-20(11-9-19)32(27,28)25-13-5-3-4-6-14-25/h7-12,15H,3-6,13-14,16-17H2,1-2H3,(H,24,26). The van der Waals surface area contributed by atoms with Crippen LogP contribution in [-0.2, 0) is 21.4 Å². The van der Waals surface area contributed by atoms with Crippen molar-refractivity contribution in [3.05, 3.63) is 48.0 Å². The normalized spacial score (nSPS) is 14.9. The van der Waals surface area contributed by atoms with Gasteiger partial charge in [0.05, 0.1) is 19.1 Å². The summed E-state index contributed by atoms with van der Waals surface area (Å²) in [5, 5.41) is 2.78. The van der Waals surface area contributed by atoms with Crippen LogP contribution in [0.2, 0.25) is 0 Å². The maximum absolute atomic E-state index is 12.8. The van der Waals surface area contributed by atoms with E-state index >= 15 is 0 Å². The predicted molar refractivity (Wildman–Crippen MR) is 121 cm³/mol. The van der Waals surface area contributed by atoms with Crippen molar-refractivity contribution in [2.24, 2.45) is 0 Å². The molecule has 0 radical (unpaired) electrons. The highest BCUT2D eigenvalue weighted by atomic mass is 32.2. The molecule has 1 N–H and O–H groups in total. The highest BCUT2D eigenvalue weighted by Crippen LogP contribution is 2.27. The second kappa shape index (κ2) is 11.2. The quantitative estimate of drug-likeness (QED) is 0.616. The highest BCUT2D eigenvalue weighted by Gasteiger charge is 2.25. The molecule has 174 valence electrons. The summed E-state index contributed by atoms with van der Waals surface area (Å²) >= 11 is 0. The smallest absolute Gasteiger partial charge is 0.258 e. The average molecular weight is 463 g/mol. The molecule has 2 aromatic carbocycles. The first-order valence-electron chi connectivity index (χ1n) is 10.6. The molecule has 0 bridgehead atoms. The van der Waals surface area contributed by atoms with Gasteiger partial charge in [-0.25, -0.2) is 8.42 Å². The van der Waals surface area contributed by atoms with Crippen LogP contribution in [0.1, 0.15) is 31.2 Å². The maximum atomic E-state index is 12.8. The fourth-order valence-corrected chi connectivity index (χ4v) is 5.05. The molecule has 1 saturated heterocycles. The predicted octanol–water partition coefficient (Wildman–Crippen LogP) is 2.96. The molecule has 0 atom stereocenters. The van der Waals surface area contributed by atoms with Crippen LogP contribution in [0.3, 0.4) is 0 Å². The van der Waals surface area contributed by atoms with Gasteiger partial charge in [0.15, 0.2) is 18.1 Å². The van der Waals surface area contributed by atoms with Gasteiger partial charge in [-0.3, -0.25) is 4.79 Å². The van der Waals surface area contributed by atoms with E-state index in [4.69, 9.17) is 14.2 Å². The summed E-state index contributed by atoms with van der Waals surface area (Å²) in [6.45, 7) is 1.25. The zero-order valence-corrected chi connectivity index (χ0v) is 19.3. The molecule has 1 heterocycles. The molecule has 0 spiro atoms. The Hall–Kier alpha value is -2.78. The fraction of sp³-hybridized carbons (Fsp3) is 0.435.